The minimum absolute atomic E-state index is 0.0864. The molecule has 0 spiro atoms. The Morgan fingerprint density at radius 3 is 1.46 bits per heavy atom. The van der Waals surface area contributed by atoms with Crippen molar-refractivity contribution in [1.82, 2.24) is 18.7 Å². The van der Waals surface area contributed by atoms with E-state index in [1.165, 1.54) is 105 Å². The minimum atomic E-state index is -3.83. The van der Waals surface area contributed by atoms with Crippen LogP contribution in [0.3, 0.4) is 0 Å². The molecule has 13 aromatic carbocycles. The van der Waals surface area contributed by atoms with Gasteiger partial charge >= 0.3 is 373 Å². The van der Waals surface area contributed by atoms with Crippen LogP contribution in [0.15, 0.2) is 322 Å². The van der Waals surface area contributed by atoms with Crippen molar-refractivity contribution in [2.45, 2.75) is 59.0 Å². The standard InChI is InChI=1S/C92H73GeN5O/c1-91(2,3)62-51-52-94-88(56-62)98-85-50-47-69(97-83-44-22-20-39-77(83)78-40-21-23-45-84(78)97)58-82(85)79-49-48-71(59-87(79)98)99-70-34-24-33-68(57-70)95-60-96-89-72(41-25-42-80(89)75-37-18-16-35-73(75)74-36-17-19-38-76(74)81-43-26-46-86(95)90(81)96)61-53-63(92(4,5)6)55-67(54-61)93(64-27-10-7-11-28-64,65-29-12-8-13-30-65)66-31-14-9-15-32-66/h7-59H,60H2,1-6H3. The molecule has 0 aliphatic carbocycles. The third kappa shape index (κ3) is 9.86. The molecular weight excluding hydrogens is 1260 g/mol. The number of anilines is 2. The van der Waals surface area contributed by atoms with Crippen LogP contribution in [0.2, 0.25) is 0 Å². The second kappa shape index (κ2) is 23.4. The molecule has 0 amide bonds. The molecule has 476 valence electrons. The van der Waals surface area contributed by atoms with Crippen LogP contribution in [0.25, 0.3) is 110 Å². The summed E-state index contributed by atoms with van der Waals surface area (Å²) >= 11 is -3.83. The molecule has 0 atom stereocenters. The molecule has 18 rings (SSSR count). The average Bonchev–Trinajstić information content (AvgIpc) is 1.72. The van der Waals surface area contributed by atoms with Gasteiger partial charge in [-0.25, -0.2) is 4.98 Å². The molecule has 0 N–H and O–H groups in total. The number of nitrogens with zero attached hydrogens (tertiary/aromatic N) is 5. The topological polar surface area (TPSA) is 40.1 Å². The summed E-state index contributed by atoms with van der Waals surface area (Å²) in [5.41, 5.74) is 14.7. The Labute approximate surface area is 579 Å². The molecule has 5 heterocycles. The van der Waals surface area contributed by atoms with Crippen LogP contribution in [0, 0.1) is 0 Å². The quantitative estimate of drug-likeness (QED) is 0.128. The Morgan fingerprint density at radius 1 is 0.333 bits per heavy atom. The summed E-state index contributed by atoms with van der Waals surface area (Å²) < 4.78 is 20.1. The fraction of sp³-hybridized carbons (Fsp3) is 0.0978. The fourth-order valence-electron chi connectivity index (χ4n) is 16.1. The van der Waals surface area contributed by atoms with Crippen LogP contribution >= 0.6 is 0 Å². The summed E-state index contributed by atoms with van der Waals surface area (Å²) in [7, 11) is 0. The van der Waals surface area contributed by atoms with Gasteiger partial charge in [0.05, 0.1) is 22.1 Å². The van der Waals surface area contributed by atoms with Gasteiger partial charge in [0.1, 0.15) is 11.6 Å². The summed E-state index contributed by atoms with van der Waals surface area (Å²) in [5.74, 6) is 2.34. The third-order valence-electron chi connectivity index (χ3n) is 20.8. The Kier molecular flexibility index (Phi) is 14.2. The van der Waals surface area contributed by atoms with Crippen molar-refractivity contribution in [3.63, 3.8) is 0 Å². The summed E-state index contributed by atoms with van der Waals surface area (Å²) in [6, 6.07) is 118. The first-order chi connectivity index (χ1) is 48.4. The maximum atomic E-state index is 7.18. The molecular formula is C92H73GeN5O. The van der Waals surface area contributed by atoms with Gasteiger partial charge in [-0.15, -0.1) is 0 Å². The van der Waals surface area contributed by atoms with Crippen molar-refractivity contribution in [3.8, 4) is 34.1 Å². The molecule has 0 bridgehead atoms. The van der Waals surface area contributed by atoms with Crippen molar-refractivity contribution >= 4 is 129 Å². The summed E-state index contributed by atoms with van der Waals surface area (Å²) in [6.07, 6.45) is 1.95. The van der Waals surface area contributed by atoms with Crippen LogP contribution in [-0.2, 0) is 17.5 Å². The molecule has 0 saturated carbocycles. The summed E-state index contributed by atoms with van der Waals surface area (Å²) in [5, 5.41) is 11.9. The van der Waals surface area contributed by atoms with Crippen molar-refractivity contribution in [2.75, 3.05) is 4.90 Å². The van der Waals surface area contributed by atoms with E-state index in [0.29, 0.717) is 6.67 Å². The van der Waals surface area contributed by atoms with E-state index in [4.69, 9.17) is 9.72 Å². The van der Waals surface area contributed by atoms with Gasteiger partial charge < -0.3 is 4.57 Å². The van der Waals surface area contributed by atoms with Crippen LogP contribution in [0.1, 0.15) is 52.7 Å². The van der Waals surface area contributed by atoms with Gasteiger partial charge in [-0.05, 0) is 65.6 Å². The molecule has 4 aromatic heterocycles. The van der Waals surface area contributed by atoms with Crippen molar-refractivity contribution in [1.29, 1.82) is 0 Å². The zero-order valence-corrected chi connectivity index (χ0v) is 58.5. The first-order valence-electron chi connectivity index (χ1n) is 34.5. The number of ether oxygens (including phenoxy) is 1. The van der Waals surface area contributed by atoms with Crippen molar-refractivity contribution < 1.29 is 4.74 Å². The molecule has 1 aliphatic heterocycles. The average molecular weight is 1340 g/mol. The van der Waals surface area contributed by atoms with E-state index >= 15 is 0 Å². The first-order valence-corrected chi connectivity index (χ1v) is 38.7. The number of fused-ring (bicyclic) bond motifs is 13. The maximum absolute atomic E-state index is 7.18. The predicted octanol–water partition coefficient (Wildman–Crippen LogP) is 21.4. The summed E-state index contributed by atoms with van der Waals surface area (Å²) in [6.45, 7) is 14.4. The second-order valence-electron chi connectivity index (χ2n) is 28.7. The number of benzene rings is 13. The van der Waals surface area contributed by atoms with Gasteiger partial charge in [0, 0.05) is 39.5 Å². The monoisotopic (exact) mass is 1340 g/mol. The molecule has 0 saturated heterocycles. The zero-order valence-electron chi connectivity index (χ0n) is 56.5. The van der Waals surface area contributed by atoms with Crippen LogP contribution < -0.4 is 27.2 Å². The zero-order chi connectivity index (χ0) is 66.7. The molecule has 0 fully saturated rings. The van der Waals surface area contributed by atoms with Gasteiger partial charge in [-0.2, -0.15) is 0 Å². The Balaban J connectivity index is 0.824. The number of pyridine rings is 1. The van der Waals surface area contributed by atoms with Crippen molar-refractivity contribution in [3.05, 3.63) is 333 Å². The van der Waals surface area contributed by atoms with Gasteiger partial charge in [0.15, 0.2) is 0 Å². The third-order valence-corrected chi connectivity index (χ3v) is 30.8. The van der Waals surface area contributed by atoms with Crippen LogP contribution in [-0.4, -0.2) is 32.0 Å². The van der Waals surface area contributed by atoms with E-state index in [1.807, 2.05) is 6.20 Å². The van der Waals surface area contributed by atoms with Gasteiger partial charge in [-0.3, -0.25) is 4.57 Å². The Hall–Kier alpha value is -11.4. The van der Waals surface area contributed by atoms with Crippen molar-refractivity contribution in [2.24, 2.45) is 0 Å². The van der Waals surface area contributed by atoms with Gasteiger partial charge in [0.25, 0.3) is 0 Å². The van der Waals surface area contributed by atoms with E-state index in [1.54, 1.807) is 0 Å². The van der Waals surface area contributed by atoms with E-state index in [0.717, 1.165) is 56.2 Å². The van der Waals surface area contributed by atoms with Gasteiger partial charge in [0.2, 0.25) is 0 Å². The van der Waals surface area contributed by atoms with E-state index in [2.05, 4.69) is 376 Å². The Bertz CT molecular complexity index is 6000. The number of para-hydroxylation sites is 4. The van der Waals surface area contributed by atoms with E-state index < -0.39 is 13.3 Å². The number of rotatable bonds is 10. The molecule has 6 nitrogen and oxygen atoms in total. The molecule has 17 aromatic rings. The van der Waals surface area contributed by atoms with E-state index in [-0.39, 0.29) is 10.8 Å². The number of hydrogen-bond acceptors (Lipinski definition) is 3. The van der Waals surface area contributed by atoms with Crippen LogP contribution in [0.5, 0.6) is 11.5 Å². The second-order valence-corrected chi connectivity index (χ2v) is 36.7. The SMILES string of the molecule is CC(C)(C)c1cc(-c2cccc3c4ccccc4c4ccccc4c4cccc5c4n(c23)CN5c2cccc(Oc3ccc4c5cc(-n6c7ccccc7c7ccccc76)ccc5n(-c5cc(C(C)(C)C)ccn5)c4c3)c2)c[c]([Ge]([c]2ccccc2)([c]2ccccc2)[c]2ccccc2)c1. The first kappa shape index (κ1) is 60.0. The van der Waals surface area contributed by atoms with Gasteiger partial charge in [-0.1, -0.05) is 57.2 Å². The number of aromatic nitrogens is 4. The number of hydrogen-bond donors (Lipinski definition) is 0. The molecule has 0 radical (unpaired) electrons. The molecule has 99 heavy (non-hydrogen) atoms. The van der Waals surface area contributed by atoms with Crippen LogP contribution in [0.4, 0.5) is 11.4 Å². The molecule has 7 heteroatoms. The normalized spacial score (nSPS) is 12.7. The van der Waals surface area contributed by atoms with E-state index in [9.17, 15) is 0 Å². The Morgan fingerprint density at radius 2 is 0.848 bits per heavy atom. The predicted molar refractivity (Wildman–Crippen MR) is 420 cm³/mol. The molecule has 1 aliphatic rings. The molecule has 0 unspecified atom stereocenters. The summed E-state index contributed by atoms with van der Waals surface area (Å²) in [4.78, 5) is 7.60. The fourth-order valence-corrected chi connectivity index (χ4v) is 26.2.